The fourth-order valence-corrected chi connectivity index (χ4v) is 3.05. The van der Waals surface area contributed by atoms with Crippen molar-refractivity contribution in [3.8, 4) is 0 Å². The lowest BCUT2D eigenvalue weighted by Gasteiger charge is -2.20. The van der Waals surface area contributed by atoms with Crippen LogP contribution in [0.15, 0.2) is 33.6 Å². The van der Waals surface area contributed by atoms with E-state index in [9.17, 15) is 0 Å². The molecule has 5 heteroatoms. The van der Waals surface area contributed by atoms with Crippen LogP contribution in [-0.4, -0.2) is 12.0 Å². The summed E-state index contributed by atoms with van der Waals surface area (Å²) < 4.78 is 1.06. The van der Waals surface area contributed by atoms with Gasteiger partial charge in [-0.15, -0.1) is 11.3 Å². The van der Waals surface area contributed by atoms with Crippen LogP contribution in [0.4, 0.5) is 5.69 Å². The van der Waals surface area contributed by atoms with Crippen LogP contribution in [0.2, 0.25) is 0 Å². The second-order valence-electron chi connectivity index (χ2n) is 4.33. The number of nitrogens with two attached hydrogens (primary N) is 1. The van der Waals surface area contributed by atoms with Crippen molar-refractivity contribution in [2.24, 2.45) is 5.73 Å². The number of benzene rings is 1. The summed E-state index contributed by atoms with van der Waals surface area (Å²) in [6, 6.07) is 6.31. The van der Waals surface area contributed by atoms with Crippen LogP contribution < -0.4 is 10.6 Å². The van der Waals surface area contributed by atoms with E-state index in [0.29, 0.717) is 0 Å². The molecule has 0 aliphatic rings. The number of hydrogen-bond donors (Lipinski definition) is 1. The maximum atomic E-state index is 5.90. The molecular weight excluding hydrogens is 310 g/mol. The molecule has 0 bridgehead atoms. The zero-order chi connectivity index (χ0) is 13.1. The first kappa shape index (κ1) is 13.5. The number of rotatable bonds is 4. The topological polar surface area (TPSA) is 42.1 Å². The molecule has 1 aromatic heterocycles. The Hall–Kier alpha value is -0.910. The molecular formula is C13H16BrN3S. The van der Waals surface area contributed by atoms with Crippen LogP contribution in [-0.2, 0) is 6.54 Å². The highest BCUT2D eigenvalue weighted by Crippen LogP contribution is 2.27. The zero-order valence-corrected chi connectivity index (χ0v) is 12.8. The van der Waals surface area contributed by atoms with Crippen molar-refractivity contribution in [1.29, 1.82) is 0 Å². The Balaban J connectivity index is 2.16. The monoisotopic (exact) mass is 325 g/mol. The van der Waals surface area contributed by atoms with E-state index in [1.54, 1.807) is 11.3 Å². The predicted molar refractivity (Wildman–Crippen MR) is 81.0 cm³/mol. The number of anilines is 1. The molecule has 2 rings (SSSR count). The molecule has 18 heavy (non-hydrogen) atoms. The van der Waals surface area contributed by atoms with Crippen LogP contribution in [0.3, 0.4) is 0 Å². The Labute approximate surface area is 120 Å². The number of hydrogen-bond acceptors (Lipinski definition) is 4. The summed E-state index contributed by atoms with van der Waals surface area (Å²) in [4.78, 5) is 6.47. The van der Waals surface area contributed by atoms with Crippen molar-refractivity contribution in [1.82, 2.24) is 4.98 Å². The van der Waals surface area contributed by atoms with Crippen molar-refractivity contribution in [2.45, 2.75) is 19.5 Å². The summed E-state index contributed by atoms with van der Waals surface area (Å²) >= 11 is 5.20. The van der Waals surface area contributed by atoms with E-state index in [4.69, 9.17) is 5.73 Å². The average Bonchev–Trinajstić information content (AvgIpc) is 2.81. The van der Waals surface area contributed by atoms with Gasteiger partial charge >= 0.3 is 0 Å². The summed E-state index contributed by atoms with van der Waals surface area (Å²) in [6.45, 7) is 2.80. The molecule has 96 valence electrons. The average molecular weight is 326 g/mol. The van der Waals surface area contributed by atoms with E-state index in [0.717, 1.165) is 28.0 Å². The second kappa shape index (κ2) is 5.82. The van der Waals surface area contributed by atoms with Gasteiger partial charge in [0.15, 0.2) is 0 Å². The molecule has 0 radical (unpaired) electrons. The first-order valence-electron chi connectivity index (χ1n) is 5.71. The molecule has 0 aliphatic carbocycles. The summed E-state index contributed by atoms with van der Waals surface area (Å²) in [7, 11) is 2.06. The Kier molecular flexibility index (Phi) is 4.37. The van der Waals surface area contributed by atoms with E-state index in [1.807, 2.05) is 12.4 Å². The third-order valence-corrected chi connectivity index (χ3v) is 4.12. The highest BCUT2D eigenvalue weighted by atomic mass is 79.9. The Morgan fingerprint density at radius 2 is 2.28 bits per heavy atom. The largest absolute Gasteiger partial charge is 0.369 e. The second-order valence-corrected chi connectivity index (χ2v) is 5.90. The van der Waals surface area contributed by atoms with E-state index < -0.39 is 0 Å². The number of halogens is 1. The normalized spacial score (nSPS) is 12.4. The zero-order valence-electron chi connectivity index (χ0n) is 10.4. The van der Waals surface area contributed by atoms with Crippen LogP contribution in [0, 0.1) is 0 Å². The van der Waals surface area contributed by atoms with Gasteiger partial charge in [-0.2, -0.15) is 0 Å². The van der Waals surface area contributed by atoms with Crippen LogP contribution >= 0.6 is 27.3 Å². The number of aromatic nitrogens is 1. The Morgan fingerprint density at radius 3 is 2.83 bits per heavy atom. The molecule has 0 aliphatic heterocycles. The van der Waals surface area contributed by atoms with Gasteiger partial charge in [-0.1, -0.05) is 22.0 Å². The van der Waals surface area contributed by atoms with E-state index >= 15 is 0 Å². The van der Waals surface area contributed by atoms with Crippen LogP contribution in [0.25, 0.3) is 0 Å². The highest BCUT2D eigenvalue weighted by molar-refractivity contribution is 9.10. The van der Waals surface area contributed by atoms with Crippen molar-refractivity contribution < 1.29 is 0 Å². The fourth-order valence-electron chi connectivity index (χ4n) is 1.77. The summed E-state index contributed by atoms with van der Waals surface area (Å²) in [5, 5.41) is 2.07. The molecule has 3 nitrogen and oxygen atoms in total. The molecule has 0 fully saturated rings. The van der Waals surface area contributed by atoms with E-state index in [1.165, 1.54) is 0 Å². The van der Waals surface area contributed by atoms with Crippen molar-refractivity contribution in [3.63, 3.8) is 0 Å². The van der Waals surface area contributed by atoms with Gasteiger partial charge in [0.25, 0.3) is 0 Å². The van der Waals surface area contributed by atoms with E-state index in [2.05, 4.69) is 56.4 Å². The minimum absolute atomic E-state index is 0.0391. The predicted octanol–water partition coefficient (Wildman–Crippen LogP) is 3.56. The van der Waals surface area contributed by atoms with Gasteiger partial charge in [-0.05, 0) is 24.6 Å². The Bertz CT molecular complexity index is 511. The van der Waals surface area contributed by atoms with Crippen LogP contribution in [0.5, 0.6) is 0 Å². The van der Waals surface area contributed by atoms with Crippen LogP contribution in [0.1, 0.15) is 24.2 Å². The van der Waals surface area contributed by atoms with Crippen molar-refractivity contribution >= 4 is 33.0 Å². The molecule has 0 saturated heterocycles. The van der Waals surface area contributed by atoms with Gasteiger partial charge in [-0.25, -0.2) is 4.98 Å². The summed E-state index contributed by atoms with van der Waals surface area (Å²) in [6.07, 6.45) is 0. The first-order valence-corrected chi connectivity index (χ1v) is 7.44. The smallest absolute Gasteiger partial charge is 0.0795 e. The molecule has 0 unspecified atom stereocenters. The third kappa shape index (κ3) is 3.10. The van der Waals surface area contributed by atoms with Gasteiger partial charge in [0.05, 0.1) is 17.7 Å². The summed E-state index contributed by atoms with van der Waals surface area (Å²) in [5.74, 6) is 0. The quantitative estimate of drug-likeness (QED) is 0.934. The van der Waals surface area contributed by atoms with Gasteiger partial charge in [-0.3, -0.25) is 0 Å². The molecule has 0 spiro atoms. The number of thiazole rings is 1. The standard InChI is InChI=1S/C13H16BrN3S/c1-9(15)12-4-3-11(5-13(12)14)17(2)6-10-7-18-8-16-10/h3-5,7-9H,6,15H2,1-2H3/t9-/m1/s1. The summed E-state index contributed by atoms with van der Waals surface area (Å²) in [5.41, 5.74) is 11.1. The lowest BCUT2D eigenvalue weighted by Crippen LogP contribution is -2.17. The Morgan fingerprint density at radius 1 is 1.50 bits per heavy atom. The molecule has 0 amide bonds. The minimum Gasteiger partial charge on any atom is -0.369 e. The van der Waals surface area contributed by atoms with Gasteiger partial charge in [0, 0.05) is 28.6 Å². The third-order valence-electron chi connectivity index (χ3n) is 2.80. The molecule has 1 heterocycles. The van der Waals surface area contributed by atoms with E-state index in [-0.39, 0.29) is 6.04 Å². The number of nitrogens with zero attached hydrogens (tertiary/aromatic N) is 2. The minimum atomic E-state index is 0.0391. The SMILES string of the molecule is C[C@@H](N)c1ccc(N(C)Cc2cscn2)cc1Br. The first-order chi connectivity index (χ1) is 8.58. The maximum absolute atomic E-state index is 5.90. The van der Waals surface area contributed by atoms with Gasteiger partial charge in [0.1, 0.15) is 0 Å². The highest BCUT2D eigenvalue weighted by Gasteiger charge is 2.09. The molecule has 1 aromatic carbocycles. The van der Waals surface area contributed by atoms with Gasteiger partial charge in [0.2, 0.25) is 0 Å². The van der Waals surface area contributed by atoms with Crippen molar-refractivity contribution in [3.05, 3.63) is 44.8 Å². The van der Waals surface area contributed by atoms with Gasteiger partial charge < -0.3 is 10.6 Å². The molecule has 2 N–H and O–H groups in total. The molecule has 0 saturated carbocycles. The lowest BCUT2D eigenvalue weighted by atomic mass is 10.1. The fraction of sp³-hybridized carbons (Fsp3) is 0.308. The molecule has 1 atom stereocenters. The maximum Gasteiger partial charge on any atom is 0.0795 e. The molecule has 2 aromatic rings. The lowest BCUT2D eigenvalue weighted by molar-refractivity contribution is 0.811. The van der Waals surface area contributed by atoms with Crippen molar-refractivity contribution in [2.75, 3.05) is 11.9 Å².